The van der Waals surface area contributed by atoms with E-state index in [0.29, 0.717) is 0 Å². The van der Waals surface area contributed by atoms with E-state index in [9.17, 15) is 5.11 Å². The summed E-state index contributed by atoms with van der Waals surface area (Å²) >= 11 is 1.44. The molecular weight excluding hydrogens is 248 g/mol. The van der Waals surface area contributed by atoms with Crippen LogP contribution in [0.5, 0.6) is 17.2 Å². The molecule has 3 N–H and O–H groups in total. The zero-order valence-corrected chi connectivity index (χ0v) is 11.1. The summed E-state index contributed by atoms with van der Waals surface area (Å²) < 4.78 is 0. The Bertz CT molecular complexity index is 495. The monoisotopic (exact) mass is 264 g/mol. The van der Waals surface area contributed by atoms with Crippen molar-refractivity contribution < 1.29 is 15.3 Å². The number of hydrogen-bond donors (Lipinski definition) is 3. The van der Waals surface area contributed by atoms with Crippen LogP contribution in [0.4, 0.5) is 0 Å². The van der Waals surface area contributed by atoms with E-state index in [1.165, 1.54) is 23.9 Å². The van der Waals surface area contributed by atoms with E-state index in [0.717, 1.165) is 9.79 Å². The van der Waals surface area contributed by atoms with Gasteiger partial charge >= 0.3 is 0 Å². The number of aromatic hydroxyl groups is 3. The summed E-state index contributed by atoms with van der Waals surface area (Å²) in [6, 6.07) is 11.4. The van der Waals surface area contributed by atoms with Crippen LogP contribution in [-0.4, -0.2) is 15.3 Å². The first-order valence-corrected chi connectivity index (χ1v) is 6.45. The van der Waals surface area contributed by atoms with E-state index in [2.05, 4.69) is 0 Å². The Morgan fingerprint density at radius 1 is 0.722 bits per heavy atom. The minimum absolute atomic E-state index is 0.130. The maximum absolute atomic E-state index is 9.32. The zero-order valence-electron chi connectivity index (χ0n) is 10.3. The molecule has 0 aliphatic heterocycles. The quantitative estimate of drug-likeness (QED) is 0.718. The van der Waals surface area contributed by atoms with Crippen molar-refractivity contribution >= 4 is 11.8 Å². The smallest absolute Gasteiger partial charge is 0.158 e. The maximum atomic E-state index is 9.32. The standard InChI is InChI=1S/C12H10O3S.C2H6/c13-8-1-3-9(4-2-8)16-10-5-6-11(14)12(15)7-10;1-2/h1-7,13-15H;1-2H3. The fourth-order valence-electron chi connectivity index (χ4n) is 1.22. The molecule has 0 aromatic heterocycles. The van der Waals surface area contributed by atoms with Gasteiger partial charge in [0, 0.05) is 9.79 Å². The molecule has 4 heteroatoms. The van der Waals surface area contributed by atoms with Crippen molar-refractivity contribution in [2.45, 2.75) is 23.6 Å². The highest BCUT2D eigenvalue weighted by Crippen LogP contribution is 2.34. The number of benzene rings is 2. The Morgan fingerprint density at radius 2 is 1.28 bits per heavy atom. The van der Waals surface area contributed by atoms with E-state index in [1.807, 2.05) is 13.8 Å². The third-order valence-corrected chi connectivity index (χ3v) is 3.02. The van der Waals surface area contributed by atoms with Crippen molar-refractivity contribution in [1.82, 2.24) is 0 Å². The molecule has 2 aromatic carbocycles. The Hall–Kier alpha value is -1.81. The number of phenolic OH excluding ortho intramolecular Hbond substituents is 3. The minimum atomic E-state index is -0.135. The topological polar surface area (TPSA) is 60.7 Å². The Balaban J connectivity index is 0.000000771. The minimum Gasteiger partial charge on any atom is -0.508 e. The third-order valence-electron chi connectivity index (χ3n) is 2.02. The average molecular weight is 264 g/mol. The van der Waals surface area contributed by atoms with E-state index >= 15 is 0 Å². The van der Waals surface area contributed by atoms with Crippen LogP contribution in [0.1, 0.15) is 13.8 Å². The van der Waals surface area contributed by atoms with E-state index in [4.69, 9.17) is 10.2 Å². The second-order valence-corrected chi connectivity index (χ2v) is 4.39. The Labute approximate surface area is 111 Å². The van der Waals surface area contributed by atoms with Gasteiger partial charge in [0.2, 0.25) is 0 Å². The normalized spacial score (nSPS) is 9.44. The van der Waals surface area contributed by atoms with Crippen LogP contribution < -0.4 is 0 Å². The van der Waals surface area contributed by atoms with Gasteiger partial charge in [0.1, 0.15) is 5.75 Å². The van der Waals surface area contributed by atoms with Crippen LogP contribution in [-0.2, 0) is 0 Å². The summed E-state index contributed by atoms with van der Waals surface area (Å²) in [5.41, 5.74) is 0. The summed E-state index contributed by atoms with van der Waals surface area (Å²) in [5, 5.41) is 27.6. The SMILES string of the molecule is CC.Oc1ccc(Sc2ccc(O)c(O)c2)cc1. The van der Waals surface area contributed by atoms with E-state index in [1.54, 1.807) is 30.3 Å². The largest absolute Gasteiger partial charge is 0.508 e. The zero-order chi connectivity index (χ0) is 13.5. The lowest BCUT2D eigenvalue weighted by Gasteiger charge is -2.03. The number of rotatable bonds is 2. The van der Waals surface area contributed by atoms with Gasteiger partial charge in [-0.15, -0.1) is 0 Å². The van der Waals surface area contributed by atoms with E-state index < -0.39 is 0 Å². The molecule has 2 rings (SSSR count). The van der Waals surface area contributed by atoms with Crippen LogP contribution in [0.3, 0.4) is 0 Å². The van der Waals surface area contributed by atoms with Gasteiger partial charge < -0.3 is 15.3 Å². The fourth-order valence-corrected chi connectivity index (χ4v) is 2.07. The maximum Gasteiger partial charge on any atom is 0.158 e. The van der Waals surface area contributed by atoms with Gasteiger partial charge in [-0.25, -0.2) is 0 Å². The van der Waals surface area contributed by atoms with Crippen LogP contribution in [0.2, 0.25) is 0 Å². The number of hydrogen-bond acceptors (Lipinski definition) is 4. The molecule has 0 radical (unpaired) electrons. The summed E-state index contributed by atoms with van der Waals surface area (Å²) in [6.07, 6.45) is 0. The fraction of sp³-hybridized carbons (Fsp3) is 0.143. The molecule has 0 fully saturated rings. The van der Waals surface area contributed by atoms with Gasteiger partial charge in [0.15, 0.2) is 11.5 Å². The van der Waals surface area contributed by atoms with Crippen molar-refractivity contribution in [2.24, 2.45) is 0 Å². The molecule has 0 bridgehead atoms. The molecule has 0 spiro atoms. The summed E-state index contributed by atoms with van der Waals surface area (Å²) in [4.78, 5) is 1.77. The molecular formula is C14H16O3S. The van der Waals surface area contributed by atoms with Crippen molar-refractivity contribution in [3.05, 3.63) is 42.5 Å². The lowest BCUT2D eigenvalue weighted by Crippen LogP contribution is -1.74. The van der Waals surface area contributed by atoms with Gasteiger partial charge in [-0.3, -0.25) is 0 Å². The molecule has 0 aliphatic carbocycles. The second kappa shape index (κ2) is 6.81. The van der Waals surface area contributed by atoms with Crippen molar-refractivity contribution in [2.75, 3.05) is 0 Å². The molecule has 0 saturated carbocycles. The van der Waals surface area contributed by atoms with Gasteiger partial charge in [0.25, 0.3) is 0 Å². The second-order valence-electron chi connectivity index (χ2n) is 3.25. The highest BCUT2D eigenvalue weighted by Gasteiger charge is 2.02. The molecule has 96 valence electrons. The number of phenols is 3. The first-order valence-electron chi connectivity index (χ1n) is 5.64. The highest BCUT2D eigenvalue weighted by atomic mass is 32.2. The molecule has 0 amide bonds. The first kappa shape index (κ1) is 14.3. The predicted molar refractivity (Wildman–Crippen MR) is 73.3 cm³/mol. The highest BCUT2D eigenvalue weighted by molar-refractivity contribution is 7.99. The molecule has 18 heavy (non-hydrogen) atoms. The van der Waals surface area contributed by atoms with E-state index in [-0.39, 0.29) is 17.2 Å². The van der Waals surface area contributed by atoms with Crippen LogP contribution in [0.15, 0.2) is 52.3 Å². The van der Waals surface area contributed by atoms with Crippen molar-refractivity contribution in [1.29, 1.82) is 0 Å². The lowest BCUT2D eigenvalue weighted by atomic mass is 10.3. The summed E-state index contributed by atoms with van der Waals surface area (Å²) in [6.45, 7) is 4.00. The van der Waals surface area contributed by atoms with Crippen LogP contribution in [0, 0.1) is 0 Å². The van der Waals surface area contributed by atoms with Crippen LogP contribution in [0.25, 0.3) is 0 Å². The third kappa shape index (κ3) is 3.89. The molecule has 3 nitrogen and oxygen atoms in total. The molecule has 0 unspecified atom stereocenters. The van der Waals surface area contributed by atoms with Gasteiger partial charge in [-0.1, -0.05) is 25.6 Å². The van der Waals surface area contributed by atoms with Crippen molar-refractivity contribution in [3.63, 3.8) is 0 Å². The predicted octanol–water partition coefficient (Wildman–Crippen LogP) is 3.98. The Morgan fingerprint density at radius 3 is 1.83 bits per heavy atom. The van der Waals surface area contributed by atoms with Gasteiger partial charge in [0.05, 0.1) is 0 Å². The van der Waals surface area contributed by atoms with Crippen LogP contribution >= 0.6 is 11.8 Å². The molecule has 2 aromatic rings. The Kier molecular flexibility index (Phi) is 5.39. The van der Waals surface area contributed by atoms with Gasteiger partial charge in [-0.05, 0) is 42.5 Å². The van der Waals surface area contributed by atoms with Gasteiger partial charge in [-0.2, -0.15) is 0 Å². The first-order chi connectivity index (χ1) is 8.65. The average Bonchev–Trinajstić information content (AvgIpc) is 2.39. The lowest BCUT2D eigenvalue weighted by molar-refractivity contribution is 0.402. The van der Waals surface area contributed by atoms with Crippen molar-refractivity contribution in [3.8, 4) is 17.2 Å². The molecule has 0 heterocycles. The summed E-state index contributed by atoms with van der Waals surface area (Å²) in [7, 11) is 0. The summed E-state index contributed by atoms with van der Waals surface area (Å²) in [5.74, 6) is -0.0447. The molecule has 0 saturated heterocycles. The molecule has 0 atom stereocenters. The molecule has 0 aliphatic rings.